The fourth-order valence-electron chi connectivity index (χ4n) is 3.27. The number of rotatable bonds is 7. The molecule has 0 aliphatic rings. The average molecular weight is 450 g/mol. The molecule has 0 radical (unpaired) electrons. The number of nitrogens with zero attached hydrogens (tertiary/aromatic N) is 3. The minimum absolute atomic E-state index is 0.162. The molecule has 6 heteroatoms. The molecular formula is C25H27N3OS2. The summed E-state index contributed by atoms with van der Waals surface area (Å²) in [7, 11) is 0. The Hall–Kier alpha value is -2.57. The number of ether oxygens (including phenoxy) is 1. The van der Waals surface area contributed by atoms with Crippen molar-refractivity contribution in [3.8, 4) is 22.1 Å². The summed E-state index contributed by atoms with van der Waals surface area (Å²) in [5.41, 5.74) is 3.81. The van der Waals surface area contributed by atoms with Gasteiger partial charge in [0.05, 0.1) is 17.2 Å². The lowest BCUT2D eigenvalue weighted by atomic mass is 9.87. The second kappa shape index (κ2) is 9.28. The van der Waals surface area contributed by atoms with Crippen LogP contribution in [0.5, 0.6) is 5.75 Å². The molecule has 0 aliphatic carbocycles. The van der Waals surface area contributed by atoms with Crippen LogP contribution in [-0.4, -0.2) is 21.4 Å². The van der Waals surface area contributed by atoms with Gasteiger partial charge >= 0.3 is 0 Å². The Balaban J connectivity index is 1.62. The molecule has 0 atom stereocenters. The summed E-state index contributed by atoms with van der Waals surface area (Å²) in [6.45, 7) is 9.36. The highest BCUT2D eigenvalue weighted by atomic mass is 32.2. The second-order valence-electron chi connectivity index (χ2n) is 8.28. The first-order valence-electron chi connectivity index (χ1n) is 10.4. The van der Waals surface area contributed by atoms with Crippen LogP contribution in [0.15, 0.2) is 71.2 Å². The monoisotopic (exact) mass is 449 g/mol. The summed E-state index contributed by atoms with van der Waals surface area (Å²) in [5.74, 6) is 2.57. The van der Waals surface area contributed by atoms with Crippen LogP contribution in [0.3, 0.4) is 0 Å². The van der Waals surface area contributed by atoms with Crippen LogP contribution in [0.4, 0.5) is 0 Å². The maximum atomic E-state index is 5.61. The summed E-state index contributed by atoms with van der Waals surface area (Å²) < 4.78 is 7.74. The molecule has 0 unspecified atom stereocenters. The van der Waals surface area contributed by atoms with E-state index < -0.39 is 0 Å². The second-order valence-corrected chi connectivity index (χ2v) is 10.2. The van der Waals surface area contributed by atoms with Crippen molar-refractivity contribution in [2.45, 2.75) is 44.0 Å². The van der Waals surface area contributed by atoms with Crippen molar-refractivity contribution < 1.29 is 4.74 Å². The van der Waals surface area contributed by atoms with Crippen LogP contribution in [0.2, 0.25) is 0 Å². The van der Waals surface area contributed by atoms with Gasteiger partial charge in [0.25, 0.3) is 0 Å². The van der Waals surface area contributed by atoms with E-state index >= 15 is 0 Å². The SMILES string of the molecule is CCOc1ccc(-n2c(SCc3ccc(C(C)(C)C)cc3)nnc2-c2cccs2)cc1. The zero-order chi connectivity index (χ0) is 21.8. The molecule has 4 aromatic rings. The van der Waals surface area contributed by atoms with Crippen LogP contribution in [-0.2, 0) is 11.2 Å². The standard InChI is InChI=1S/C25H27N3OS2/c1-5-29-21-14-12-20(13-15-21)28-23(22-7-6-16-30-22)26-27-24(28)31-17-18-8-10-19(11-9-18)25(2,3)4/h6-16H,5,17H2,1-4H3. The molecule has 2 aromatic heterocycles. The van der Waals surface area contributed by atoms with Crippen molar-refractivity contribution in [2.75, 3.05) is 6.61 Å². The molecule has 160 valence electrons. The third-order valence-corrected chi connectivity index (χ3v) is 6.83. The van der Waals surface area contributed by atoms with Gasteiger partial charge in [0.1, 0.15) is 5.75 Å². The Morgan fingerprint density at radius 2 is 1.71 bits per heavy atom. The number of aromatic nitrogens is 3. The first-order valence-corrected chi connectivity index (χ1v) is 12.3. The van der Waals surface area contributed by atoms with Gasteiger partial charge in [-0.3, -0.25) is 4.57 Å². The largest absolute Gasteiger partial charge is 0.494 e. The number of hydrogen-bond donors (Lipinski definition) is 0. The molecule has 0 spiro atoms. The van der Waals surface area contributed by atoms with E-state index in [-0.39, 0.29) is 5.41 Å². The van der Waals surface area contributed by atoms with Crippen molar-refractivity contribution in [2.24, 2.45) is 0 Å². The smallest absolute Gasteiger partial charge is 0.196 e. The average Bonchev–Trinajstić information content (AvgIpc) is 3.42. The van der Waals surface area contributed by atoms with Crippen molar-refractivity contribution in [3.63, 3.8) is 0 Å². The van der Waals surface area contributed by atoms with E-state index in [0.29, 0.717) is 6.61 Å². The van der Waals surface area contributed by atoms with E-state index in [9.17, 15) is 0 Å². The van der Waals surface area contributed by atoms with E-state index in [1.54, 1.807) is 23.1 Å². The van der Waals surface area contributed by atoms with Gasteiger partial charge in [-0.05, 0) is 59.2 Å². The van der Waals surface area contributed by atoms with Crippen molar-refractivity contribution in [3.05, 3.63) is 77.2 Å². The Morgan fingerprint density at radius 1 is 0.968 bits per heavy atom. The molecular weight excluding hydrogens is 422 g/mol. The Kier molecular flexibility index (Phi) is 6.49. The van der Waals surface area contributed by atoms with Crippen molar-refractivity contribution in [1.82, 2.24) is 14.8 Å². The van der Waals surface area contributed by atoms with Gasteiger partial charge in [-0.2, -0.15) is 0 Å². The van der Waals surface area contributed by atoms with Crippen molar-refractivity contribution in [1.29, 1.82) is 0 Å². The van der Waals surface area contributed by atoms with Gasteiger partial charge in [0, 0.05) is 5.75 Å². The molecule has 2 heterocycles. The van der Waals surface area contributed by atoms with E-state index in [0.717, 1.165) is 33.0 Å². The molecule has 0 aliphatic heterocycles. The molecule has 0 saturated heterocycles. The molecule has 0 amide bonds. The highest BCUT2D eigenvalue weighted by Crippen LogP contribution is 2.32. The highest BCUT2D eigenvalue weighted by Gasteiger charge is 2.18. The predicted molar refractivity (Wildman–Crippen MR) is 131 cm³/mol. The van der Waals surface area contributed by atoms with E-state index in [1.807, 2.05) is 25.1 Å². The Labute approximate surface area is 192 Å². The Bertz CT molecular complexity index is 1110. The Morgan fingerprint density at radius 3 is 2.32 bits per heavy atom. The summed E-state index contributed by atoms with van der Waals surface area (Å²) in [6.07, 6.45) is 0. The van der Waals surface area contributed by atoms with Crippen LogP contribution in [0.25, 0.3) is 16.4 Å². The number of thioether (sulfide) groups is 1. The maximum absolute atomic E-state index is 5.61. The summed E-state index contributed by atoms with van der Waals surface area (Å²) >= 11 is 3.37. The maximum Gasteiger partial charge on any atom is 0.196 e. The first-order chi connectivity index (χ1) is 15.0. The minimum atomic E-state index is 0.162. The lowest BCUT2D eigenvalue weighted by Gasteiger charge is -2.19. The van der Waals surface area contributed by atoms with E-state index in [2.05, 4.69) is 83.4 Å². The van der Waals surface area contributed by atoms with E-state index in [4.69, 9.17) is 4.74 Å². The van der Waals surface area contributed by atoms with Gasteiger partial charge in [-0.15, -0.1) is 21.5 Å². The summed E-state index contributed by atoms with van der Waals surface area (Å²) in [5, 5.41) is 12.0. The first kappa shape index (κ1) is 21.7. The predicted octanol–water partition coefficient (Wildman–Crippen LogP) is 6.98. The lowest BCUT2D eigenvalue weighted by Crippen LogP contribution is -2.10. The molecule has 0 N–H and O–H groups in total. The fraction of sp³-hybridized carbons (Fsp3) is 0.280. The zero-order valence-electron chi connectivity index (χ0n) is 18.3. The zero-order valence-corrected chi connectivity index (χ0v) is 20.0. The molecule has 0 fully saturated rings. The molecule has 31 heavy (non-hydrogen) atoms. The summed E-state index contributed by atoms with van der Waals surface area (Å²) in [6, 6.07) is 21.1. The topological polar surface area (TPSA) is 39.9 Å². The number of hydrogen-bond acceptors (Lipinski definition) is 5. The van der Waals surface area contributed by atoms with Gasteiger partial charge in [0.2, 0.25) is 0 Å². The van der Waals surface area contributed by atoms with Crippen LogP contribution < -0.4 is 4.74 Å². The summed E-state index contributed by atoms with van der Waals surface area (Å²) in [4.78, 5) is 1.10. The van der Waals surface area contributed by atoms with Gasteiger partial charge < -0.3 is 4.74 Å². The van der Waals surface area contributed by atoms with Crippen LogP contribution in [0.1, 0.15) is 38.8 Å². The number of thiophene rings is 1. The molecule has 0 saturated carbocycles. The molecule has 2 aromatic carbocycles. The third kappa shape index (κ3) is 5.02. The van der Waals surface area contributed by atoms with Crippen LogP contribution in [0, 0.1) is 0 Å². The molecule has 4 nitrogen and oxygen atoms in total. The van der Waals surface area contributed by atoms with E-state index in [1.165, 1.54) is 11.1 Å². The third-order valence-electron chi connectivity index (χ3n) is 4.97. The normalized spacial score (nSPS) is 11.6. The van der Waals surface area contributed by atoms with Crippen molar-refractivity contribution >= 4 is 23.1 Å². The highest BCUT2D eigenvalue weighted by molar-refractivity contribution is 7.98. The molecule has 4 rings (SSSR count). The van der Waals surface area contributed by atoms with Crippen LogP contribution >= 0.6 is 23.1 Å². The lowest BCUT2D eigenvalue weighted by molar-refractivity contribution is 0.340. The molecule has 0 bridgehead atoms. The number of benzene rings is 2. The van der Waals surface area contributed by atoms with Gasteiger partial charge in [-0.1, -0.05) is 62.9 Å². The van der Waals surface area contributed by atoms with Gasteiger partial charge in [0.15, 0.2) is 11.0 Å². The quantitative estimate of drug-likeness (QED) is 0.285. The minimum Gasteiger partial charge on any atom is -0.494 e. The van der Waals surface area contributed by atoms with Gasteiger partial charge in [-0.25, -0.2) is 0 Å². The fourth-order valence-corrected chi connectivity index (χ4v) is 4.87.